The maximum Gasteiger partial charge on any atom is 0.274 e. The molecule has 1 spiro atoms. The zero-order valence-corrected chi connectivity index (χ0v) is 14.9. The molecular formula is C19H27N3O3. The number of likely N-dealkylation sites (tertiary alicyclic amines) is 1. The standard InChI is InChI=1S/C19H27N3O3/c1-14-11-21-17(12-20-14)18(23)22-7-5-19(6-8-22)10-16(4-9-25-19)24-13-15-2-3-15/h11-12,15-16H,2-10,13H2,1H3. The molecule has 1 aromatic rings. The molecule has 1 atom stereocenters. The molecule has 2 saturated heterocycles. The summed E-state index contributed by atoms with van der Waals surface area (Å²) in [6.45, 7) is 4.98. The van der Waals surface area contributed by atoms with Crippen LogP contribution in [-0.2, 0) is 9.47 Å². The second-order valence-corrected chi connectivity index (χ2v) is 7.76. The Morgan fingerprint density at radius 1 is 1.28 bits per heavy atom. The van der Waals surface area contributed by atoms with Gasteiger partial charge in [0.05, 0.1) is 23.6 Å². The van der Waals surface area contributed by atoms with Crippen molar-refractivity contribution in [2.45, 2.75) is 57.2 Å². The predicted molar refractivity (Wildman–Crippen MR) is 92.3 cm³/mol. The van der Waals surface area contributed by atoms with Crippen LogP contribution in [0.2, 0.25) is 0 Å². The number of hydrogen-bond acceptors (Lipinski definition) is 5. The third-order valence-corrected chi connectivity index (χ3v) is 5.67. The molecule has 3 heterocycles. The van der Waals surface area contributed by atoms with E-state index in [4.69, 9.17) is 9.47 Å². The van der Waals surface area contributed by atoms with Crippen molar-refractivity contribution in [1.82, 2.24) is 14.9 Å². The fourth-order valence-corrected chi connectivity index (χ4v) is 3.81. The molecule has 6 heteroatoms. The summed E-state index contributed by atoms with van der Waals surface area (Å²) in [5, 5.41) is 0. The molecule has 3 fully saturated rings. The molecule has 6 nitrogen and oxygen atoms in total. The molecule has 1 unspecified atom stereocenters. The van der Waals surface area contributed by atoms with Gasteiger partial charge in [-0.05, 0) is 44.9 Å². The molecule has 1 aliphatic carbocycles. The zero-order valence-electron chi connectivity index (χ0n) is 14.9. The molecule has 1 aromatic heterocycles. The van der Waals surface area contributed by atoms with Crippen LogP contribution in [0.25, 0.3) is 0 Å². The van der Waals surface area contributed by atoms with Crippen molar-refractivity contribution < 1.29 is 14.3 Å². The first-order valence-corrected chi connectivity index (χ1v) is 9.47. The van der Waals surface area contributed by atoms with Crippen LogP contribution in [0.4, 0.5) is 0 Å². The van der Waals surface area contributed by atoms with Crippen LogP contribution in [0.15, 0.2) is 12.4 Å². The number of amides is 1. The van der Waals surface area contributed by atoms with E-state index in [2.05, 4.69) is 9.97 Å². The van der Waals surface area contributed by atoms with Gasteiger partial charge in [0.1, 0.15) is 5.69 Å². The summed E-state index contributed by atoms with van der Waals surface area (Å²) < 4.78 is 12.3. The molecule has 1 saturated carbocycles. The van der Waals surface area contributed by atoms with Crippen molar-refractivity contribution in [1.29, 1.82) is 0 Å². The molecule has 136 valence electrons. The largest absolute Gasteiger partial charge is 0.378 e. The highest BCUT2D eigenvalue weighted by Crippen LogP contribution is 2.37. The van der Waals surface area contributed by atoms with Crippen LogP contribution in [0, 0.1) is 12.8 Å². The van der Waals surface area contributed by atoms with E-state index in [0.29, 0.717) is 24.9 Å². The maximum absolute atomic E-state index is 12.6. The Bertz CT molecular complexity index is 607. The molecule has 0 radical (unpaired) electrons. The Labute approximate surface area is 148 Å². The molecule has 3 aliphatic rings. The van der Waals surface area contributed by atoms with E-state index in [1.165, 1.54) is 12.8 Å². The summed E-state index contributed by atoms with van der Waals surface area (Å²) in [4.78, 5) is 22.9. The van der Waals surface area contributed by atoms with E-state index in [1.54, 1.807) is 12.4 Å². The average molecular weight is 345 g/mol. The van der Waals surface area contributed by atoms with E-state index >= 15 is 0 Å². The third kappa shape index (κ3) is 4.01. The molecule has 1 amide bonds. The molecule has 25 heavy (non-hydrogen) atoms. The lowest BCUT2D eigenvalue weighted by molar-refractivity contribution is -0.153. The summed E-state index contributed by atoms with van der Waals surface area (Å²) in [5.41, 5.74) is 1.14. The number of carbonyl (C=O) groups is 1. The summed E-state index contributed by atoms with van der Waals surface area (Å²) in [5.74, 6) is 0.772. The smallest absolute Gasteiger partial charge is 0.274 e. The van der Waals surface area contributed by atoms with Crippen LogP contribution in [0.3, 0.4) is 0 Å². The van der Waals surface area contributed by atoms with E-state index in [-0.39, 0.29) is 11.5 Å². The van der Waals surface area contributed by atoms with Gasteiger partial charge in [-0.15, -0.1) is 0 Å². The number of aromatic nitrogens is 2. The van der Waals surface area contributed by atoms with Gasteiger partial charge in [-0.3, -0.25) is 9.78 Å². The number of ether oxygens (including phenoxy) is 2. The van der Waals surface area contributed by atoms with Crippen molar-refractivity contribution >= 4 is 5.91 Å². The Balaban J connectivity index is 1.32. The lowest BCUT2D eigenvalue weighted by Gasteiger charge is -2.46. The van der Waals surface area contributed by atoms with Crippen LogP contribution >= 0.6 is 0 Å². The summed E-state index contributed by atoms with van der Waals surface area (Å²) in [7, 11) is 0. The quantitative estimate of drug-likeness (QED) is 0.838. The number of nitrogens with zero attached hydrogens (tertiary/aromatic N) is 3. The Kier molecular flexibility index (Phi) is 4.73. The minimum absolute atomic E-state index is 0.0281. The number of hydrogen-bond donors (Lipinski definition) is 0. The zero-order chi connectivity index (χ0) is 17.3. The van der Waals surface area contributed by atoms with Gasteiger partial charge in [-0.25, -0.2) is 4.98 Å². The van der Waals surface area contributed by atoms with Crippen molar-refractivity contribution in [2.75, 3.05) is 26.3 Å². The first-order chi connectivity index (χ1) is 12.1. The first-order valence-electron chi connectivity index (χ1n) is 9.47. The third-order valence-electron chi connectivity index (χ3n) is 5.67. The number of rotatable bonds is 4. The van der Waals surface area contributed by atoms with Gasteiger partial charge in [0.25, 0.3) is 5.91 Å². The second-order valence-electron chi connectivity index (χ2n) is 7.76. The Hall–Kier alpha value is -1.53. The van der Waals surface area contributed by atoms with E-state index in [9.17, 15) is 4.79 Å². The van der Waals surface area contributed by atoms with Crippen LogP contribution < -0.4 is 0 Å². The lowest BCUT2D eigenvalue weighted by atomic mass is 9.83. The van der Waals surface area contributed by atoms with Crippen LogP contribution in [0.5, 0.6) is 0 Å². The maximum atomic E-state index is 12.6. The van der Waals surface area contributed by atoms with Crippen LogP contribution in [-0.4, -0.2) is 58.8 Å². The average Bonchev–Trinajstić information content (AvgIpc) is 3.45. The molecule has 2 aliphatic heterocycles. The summed E-state index contributed by atoms with van der Waals surface area (Å²) in [6, 6.07) is 0. The molecule has 0 N–H and O–H groups in total. The minimum atomic E-state index is -0.109. The number of aryl methyl sites for hydroxylation is 1. The highest BCUT2D eigenvalue weighted by Gasteiger charge is 2.42. The molecule has 0 bridgehead atoms. The highest BCUT2D eigenvalue weighted by atomic mass is 16.5. The lowest BCUT2D eigenvalue weighted by Crippen LogP contribution is -2.52. The Morgan fingerprint density at radius 2 is 2.08 bits per heavy atom. The topological polar surface area (TPSA) is 64.6 Å². The van der Waals surface area contributed by atoms with Gasteiger partial charge in [0, 0.05) is 38.9 Å². The van der Waals surface area contributed by atoms with Gasteiger partial charge in [-0.1, -0.05) is 0 Å². The SMILES string of the molecule is Cc1cnc(C(=O)N2CCC3(CC2)CC(OCC2CC2)CCO3)cn1. The highest BCUT2D eigenvalue weighted by molar-refractivity contribution is 5.92. The van der Waals surface area contributed by atoms with Crippen LogP contribution in [0.1, 0.15) is 54.7 Å². The van der Waals surface area contributed by atoms with Crippen molar-refractivity contribution in [3.8, 4) is 0 Å². The normalized spacial score (nSPS) is 26.0. The summed E-state index contributed by atoms with van der Waals surface area (Å²) >= 11 is 0. The van der Waals surface area contributed by atoms with Crippen molar-refractivity contribution in [3.05, 3.63) is 23.8 Å². The Morgan fingerprint density at radius 3 is 2.76 bits per heavy atom. The summed E-state index contributed by atoms with van der Waals surface area (Å²) in [6.07, 6.45) is 9.90. The van der Waals surface area contributed by atoms with E-state index in [0.717, 1.165) is 50.5 Å². The minimum Gasteiger partial charge on any atom is -0.378 e. The fourth-order valence-electron chi connectivity index (χ4n) is 3.81. The predicted octanol–water partition coefficient (Wildman–Crippen LogP) is 2.37. The van der Waals surface area contributed by atoms with Gasteiger partial charge in [0.15, 0.2) is 0 Å². The van der Waals surface area contributed by atoms with Gasteiger partial charge in [0.2, 0.25) is 0 Å². The number of piperidine rings is 1. The van der Waals surface area contributed by atoms with E-state index < -0.39 is 0 Å². The number of carbonyl (C=O) groups excluding carboxylic acids is 1. The fraction of sp³-hybridized carbons (Fsp3) is 0.737. The molecule has 0 aromatic carbocycles. The van der Waals surface area contributed by atoms with Crippen molar-refractivity contribution in [3.63, 3.8) is 0 Å². The first kappa shape index (κ1) is 16.9. The van der Waals surface area contributed by atoms with Crippen molar-refractivity contribution in [2.24, 2.45) is 5.92 Å². The van der Waals surface area contributed by atoms with E-state index in [1.807, 2.05) is 11.8 Å². The van der Waals surface area contributed by atoms with Gasteiger partial charge in [-0.2, -0.15) is 0 Å². The molecule has 4 rings (SSSR count). The van der Waals surface area contributed by atoms with Gasteiger partial charge < -0.3 is 14.4 Å². The van der Waals surface area contributed by atoms with Gasteiger partial charge >= 0.3 is 0 Å². The monoisotopic (exact) mass is 345 g/mol. The molecular weight excluding hydrogens is 318 g/mol. The second kappa shape index (κ2) is 7.00.